The van der Waals surface area contributed by atoms with Crippen molar-refractivity contribution < 1.29 is 13.9 Å². The molecule has 0 radical (unpaired) electrons. The predicted molar refractivity (Wildman–Crippen MR) is 51.5 cm³/mol. The Morgan fingerprint density at radius 2 is 2.00 bits per heavy atom. The van der Waals surface area contributed by atoms with Gasteiger partial charge in [-0.1, -0.05) is 13.5 Å². The second kappa shape index (κ2) is 4.56. The third kappa shape index (κ3) is 2.69. The Morgan fingerprint density at radius 1 is 1.43 bits per heavy atom. The summed E-state index contributed by atoms with van der Waals surface area (Å²) in [5, 5.41) is 0. The van der Waals surface area contributed by atoms with E-state index in [1.807, 2.05) is 6.92 Å². The standard InChI is InChI=1S/C11H11FO2/c1-3-8(2)11(13)14-10-6-4-9(12)5-7-10/h4-7H,2-3H2,1H3. The van der Waals surface area contributed by atoms with E-state index >= 15 is 0 Å². The molecule has 0 aromatic heterocycles. The zero-order valence-corrected chi connectivity index (χ0v) is 7.92. The van der Waals surface area contributed by atoms with Gasteiger partial charge in [0.05, 0.1) is 0 Å². The first-order valence-corrected chi connectivity index (χ1v) is 4.29. The van der Waals surface area contributed by atoms with Gasteiger partial charge in [-0.05, 0) is 30.7 Å². The van der Waals surface area contributed by atoms with E-state index in [-0.39, 0.29) is 5.82 Å². The highest BCUT2D eigenvalue weighted by Crippen LogP contribution is 2.13. The first-order valence-electron chi connectivity index (χ1n) is 4.29. The maximum absolute atomic E-state index is 12.5. The molecule has 74 valence electrons. The molecular weight excluding hydrogens is 183 g/mol. The number of rotatable bonds is 3. The molecule has 0 saturated carbocycles. The zero-order chi connectivity index (χ0) is 10.6. The minimum atomic E-state index is -0.473. The van der Waals surface area contributed by atoms with Gasteiger partial charge in [-0.25, -0.2) is 9.18 Å². The molecule has 1 aromatic carbocycles. The second-order valence-electron chi connectivity index (χ2n) is 2.80. The molecule has 0 saturated heterocycles. The summed E-state index contributed by atoms with van der Waals surface area (Å²) in [4.78, 5) is 11.2. The van der Waals surface area contributed by atoms with Crippen LogP contribution in [0, 0.1) is 5.82 Å². The normalized spacial score (nSPS) is 9.57. The van der Waals surface area contributed by atoms with Gasteiger partial charge in [0, 0.05) is 5.57 Å². The van der Waals surface area contributed by atoms with Crippen molar-refractivity contribution in [2.24, 2.45) is 0 Å². The van der Waals surface area contributed by atoms with E-state index in [4.69, 9.17) is 4.74 Å². The van der Waals surface area contributed by atoms with Crippen molar-refractivity contribution in [3.05, 3.63) is 42.2 Å². The third-order valence-corrected chi connectivity index (χ3v) is 1.74. The second-order valence-corrected chi connectivity index (χ2v) is 2.80. The van der Waals surface area contributed by atoms with Crippen LogP contribution in [-0.4, -0.2) is 5.97 Å². The summed E-state index contributed by atoms with van der Waals surface area (Å²) in [5.41, 5.74) is 0.398. The van der Waals surface area contributed by atoms with Gasteiger partial charge in [0.25, 0.3) is 0 Å². The Hall–Kier alpha value is -1.64. The molecule has 0 fully saturated rings. The fourth-order valence-corrected chi connectivity index (χ4v) is 0.826. The van der Waals surface area contributed by atoms with Crippen LogP contribution in [0.15, 0.2) is 36.4 Å². The number of esters is 1. The number of ether oxygens (including phenoxy) is 1. The summed E-state index contributed by atoms with van der Waals surface area (Å²) in [6.45, 7) is 5.35. The molecule has 0 heterocycles. The van der Waals surface area contributed by atoms with Gasteiger partial charge >= 0.3 is 5.97 Å². The van der Waals surface area contributed by atoms with Gasteiger partial charge < -0.3 is 4.74 Å². The Morgan fingerprint density at radius 3 is 2.50 bits per heavy atom. The van der Waals surface area contributed by atoms with Crippen LogP contribution in [0.1, 0.15) is 13.3 Å². The molecule has 0 aliphatic carbocycles. The van der Waals surface area contributed by atoms with Crippen molar-refractivity contribution in [3.8, 4) is 5.75 Å². The molecule has 1 rings (SSSR count). The Bertz CT molecular complexity index is 341. The molecule has 0 atom stereocenters. The molecular formula is C11H11FO2. The Labute approximate surface area is 82.0 Å². The highest BCUT2D eigenvalue weighted by Gasteiger charge is 2.07. The minimum Gasteiger partial charge on any atom is -0.423 e. The van der Waals surface area contributed by atoms with E-state index in [9.17, 15) is 9.18 Å². The lowest BCUT2D eigenvalue weighted by atomic mass is 10.2. The first kappa shape index (κ1) is 10.4. The number of halogens is 1. The summed E-state index contributed by atoms with van der Waals surface area (Å²) in [7, 11) is 0. The monoisotopic (exact) mass is 194 g/mol. The van der Waals surface area contributed by atoms with E-state index in [1.54, 1.807) is 0 Å². The van der Waals surface area contributed by atoms with E-state index in [1.165, 1.54) is 24.3 Å². The maximum Gasteiger partial charge on any atom is 0.338 e. The molecule has 0 N–H and O–H groups in total. The highest BCUT2D eigenvalue weighted by atomic mass is 19.1. The molecule has 0 bridgehead atoms. The molecule has 0 spiro atoms. The number of hydrogen-bond donors (Lipinski definition) is 0. The largest absolute Gasteiger partial charge is 0.423 e. The lowest BCUT2D eigenvalue weighted by molar-refractivity contribution is -0.130. The van der Waals surface area contributed by atoms with E-state index in [2.05, 4.69) is 6.58 Å². The molecule has 0 aliphatic heterocycles. The van der Waals surface area contributed by atoms with Crippen LogP contribution in [0.3, 0.4) is 0 Å². The van der Waals surface area contributed by atoms with Crippen molar-refractivity contribution in [2.75, 3.05) is 0 Å². The van der Waals surface area contributed by atoms with Gasteiger partial charge in [-0.15, -0.1) is 0 Å². The van der Waals surface area contributed by atoms with Crippen molar-refractivity contribution in [1.29, 1.82) is 0 Å². The molecule has 2 nitrogen and oxygen atoms in total. The summed E-state index contributed by atoms with van der Waals surface area (Å²) >= 11 is 0. The van der Waals surface area contributed by atoms with Crippen LogP contribution in [0.4, 0.5) is 4.39 Å². The quantitative estimate of drug-likeness (QED) is 0.420. The predicted octanol–water partition coefficient (Wildman–Crippen LogP) is 2.70. The summed E-state index contributed by atoms with van der Waals surface area (Å²) < 4.78 is 17.4. The maximum atomic E-state index is 12.5. The molecule has 14 heavy (non-hydrogen) atoms. The van der Waals surface area contributed by atoms with Crippen LogP contribution < -0.4 is 4.74 Å². The topological polar surface area (TPSA) is 26.3 Å². The van der Waals surface area contributed by atoms with Crippen LogP contribution in [-0.2, 0) is 4.79 Å². The lowest BCUT2D eigenvalue weighted by Crippen LogP contribution is -2.09. The molecule has 0 unspecified atom stereocenters. The lowest BCUT2D eigenvalue weighted by Gasteiger charge is -2.04. The van der Waals surface area contributed by atoms with Gasteiger partial charge in [0.1, 0.15) is 11.6 Å². The fourth-order valence-electron chi connectivity index (χ4n) is 0.826. The van der Waals surface area contributed by atoms with Crippen LogP contribution in [0.25, 0.3) is 0 Å². The SMILES string of the molecule is C=C(CC)C(=O)Oc1ccc(F)cc1. The minimum absolute atomic E-state index is 0.325. The first-order chi connectivity index (χ1) is 6.63. The van der Waals surface area contributed by atoms with Gasteiger partial charge in [-0.3, -0.25) is 0 Å². The Kier molecular flexibility index (Phi) is 3.40. The summed E-state index contributed by atoms with van der Waals surface area (Å²) in [5.74, 6) is -0.510. The van der Waals surface area contributed by atoms with E-state index in [0.717, 1.165) is 0 Å². The molecule has 0 amide bonds. The van der Waals surface area contributed by atoms with Gasteiger partial charge in [0.2, 0.25) is 0 Å². The average molecular weight is 194 g/mol. The molecule has 3 heteroatoms. The van der Waals surface area contributed by atoms with Crippen LogP contribution in [0.5, 0.6) is 5.75 Å². The van der Waals surface area contributed by atoms with Crippen molar-refractivity contribution in [3.63, 3.8) is 0 Å². The zero-order valence-electron chi connectivity index (χ0n) is 7.92. The summed E-state index contributed by atoms with van der Waals surface area (Å²) in [6, 6.07) is 5.26. The van der Waals surface area contributed by atoms with Crippen molar-refractivity contribution in [1.82, 2.24) is 0 Å². The van der Waals surface area contributed by atoms with Crippen LogP contribution >= 0.6 is 0 Å². The number of carbonyl (C=O) groups is 1. The van der Waals surface area contributed by atoms with Crippen molar-refractivity contribution >= 4 is 5.97 Å². The number of hydrogen-bond acceptors (Lipinski definition) is 2. The average Bonchev–Trinajstić information content (AvgIpc) is 2.20. The van der Waals surface area contributed by atoms with E-state index in [0.29, 0.717) is 17.7 Å². The number of carbonyl (C=O) groups excluding carboxylic acids is 1. The van der Waals surface area contributed by atoms with Crippen LogP contribution in [0.2, 0.25) is 0 Å². The van der Waals surface area contributed by atoms with E-state index < -0.39 is 5.97 Å². The molecule has 1 aromatic rings. The summed E-state index contributed by atoms with van der Waals surface area (Å²) in [6.07, 6.45) is 0.542. The smallest absolute Gasteiger partial charge is 0.338 e. The molecule has 0 aliphatic rings. The fraction of sp³-hybridized carbons (Fsp3) is 0.182. The third-order valence-electron chi connectivity index (χ3n) is 1.74. The van der Waals surface area contributed by atoms with Gasteiger partial charge in [0.15, 0.2) is 0 Å². The van der Waals surface area contributed by atoms with Crippen molar-refractivity contribution in [2.45, 2.75) is 13.3 Å². The Balaban J connectivity index is 2.65. The highest BCUT2D eigenvalue weighted by molar-refractivity contribution is 5.89. The number of benzene rings is 1. The van der Waals surface area contributed by atoms with Gasteiger partial charge in [-0.2, -0.15) is 0 Å².